The highest BCUT2D eigenvalue weighted by atomic mass is 16.4. The van der Waals surface area contributed by atoms with Crippen molar-refractivity contribution in [3.05, 3.63) is 23.8 Å². The molecular weight excluding hydrogens is 182 g/mol. The SMILES string of the molecule is Nc1nc2cc(CN[C]=O)ccc2o1. The maximum absolute atomic E-state index is 9.96. The minimum Gasteiger partial charge on any atom is -0.424 e. The number of amides is 1. The van der Waals surface area contributed by atoms with Crippen molar-refractivity contribution in [1.82, 2.24) is 10.3 Å². The van der Waals surface area contributed by atoms with Gasteiger partial charge in [0.15, 0.2) is 5.58 Å². The van der Waals surface area contributed by atoms with E-state index in [9.17, 15) is 4.79 Å². The molecule has 1 aromatic carbocycles. The smallest absolute Gasteiger partial charge is 0.309 e. The van der Waals surface area contributed by atoms with Crippen LogP contribution in [0.2, 0.25) is 0 Å². The van der Waals surface area contributed by atoms with E-state index in [0.717, 1.165) is 5.56 Å². The van der Waals surface area contributed by atoms with Crippen molar-refractivity contribution < 1.29 is 9.21 Å². The topological polar surface area (TPSA) is 81.1 Å². The molecule has 1 heterocycles. The minimum absolute atomic E-state index is 0.145. The van der Waals surface area contributed by atoms with Crippen LogP contribution in [0, 0.1) is 0 Å². The molecule has 1 aromatic heterocycles. The fourth-order valence-electron chi connectivity index (χ4n) is 1.24. The van der Waals surface area contributed by atoms with Crippen LogP contribution >= 0.6 is 0 Å². The first kappa shape index (κ1) is 8.55. The Morgan fingerprint density at radius 2 is 2.43 bits per heavy atom. The average Bonchev–Trinajstić information content (AvgIpc) is 2.54. The Hall–Kier alpha value is -2.04. The first-order valence-electron chi connectivity index (χ1n) is 4.04. The van der Waals surface area contributed by atoms with Crippen LogP contribution in [0.15, 0.2) is 22.6 Å². The van der Waals surface area contributed by atoms with Crippen LogP contribution in [0.3, 0.4) is 0 Å². The summed E-state index contributed by atoms with van der Waals surface area (Å²) < 4.78 is 5.10. The number of nitrogen functional groups attached to an aromatic ring is 1. The van der Waals surface area contributed by atoms with Crippen LogP contribution in [0.25, 0.3) is 11.1 Å². The third-order valence-electron chi connectivity index (χ3n) is 1.83. The summed E-state index contributed by atoms with van der Waals surface area (Å²) >= 11 is 0. The largest absolute Gasteiger partial charge is 0.424 e. The van der Waals surface area contributed by atoms with Crippen LogP contribution in [0.5, 0.6) is 0 Å². The molecular formula is C9H8N3O2. The number of nitrogens with two attached hydrogens (primary N) is 1. The van der Waals surface area contributed by atoms with Crippen LogP contribution in [0.1, 0.15) is 5.56 Å². The fraction of sp³-hybridized carbons (Fsp3) is 0.111. The number of nitrogens with zero attached hydrogens (tertiary/aromatic N) is 1. The molecule has 0 saturated carbocycles. The van der Waals surface area contributed by atoms with E-state index in [0.29, 0.717) is 17.6 Å². The van der Waals surface area contributed by atoms with Crippen molar-refractivity contribution >= 4 is 23.5 Å². The van der Waals surface area contributed by atoms with Crippen LogP contribution in [-0.4, -0.2) is 11.4 Å². The van der Waals surface area contributed by atoms with Gasteiger partial charge < -0.3 is 15.5 Å². The Morgan fingerprint density at radius 1 is 1.57 bits per heavy atom. The summed E-state index contributed by atoms with van der Waals surface area (Å²) in [6, 6.07) is 5.55. The lowest BCUT2D eigenvalue weighted by molar-refractivity contribution is 0.542. The molecule has 14 heavy (non-hydrogen) atoms. The second-order valence-electron chi connectivity index (χ2n) is 2.81. The zero-order chi connectivity index (χ0) is 9.97. The molecule has 0 bridgehead atoms. The van der Waals surface area contributed by atoms with Crippen molar-refractivity contribution in [2.75, 3.05) is 5.73 Å². The highest BCUT2D eigenvalue weighted by Gasteiger charge is 2.02. The Labute approximate surface area is 79.9 Å². The summed E-state index contributed by atoms with van der Waals surface area (Å²) in [5, 5.41) is 2.44. The molecule has 1 radical (unpaired) electrons. The maximum Gasteiger partial charge on any atom is 0.309 e. The number of hydrogen-bond acceptors (Lipinski definition) is 4. The Morgan fingerprint density at radius 3 is 3.21 bits per heavy atom. The predicted molar refractivity (Wildman–Crippen MR) is 51.0 cm³/mol. The number of hydrogen-bond donors (Lipinski definition) is 2. The van der Waals surface area contributed by atoms with Gasteiger partial charge in [-0.25, -0.2) is 0 Å². The van der Waals surface area contributed by atoms with Gasteiger partial charge in [-0.3, -0.25) is 4.79 Å². The number of oxazole rings is 1. The standard InChI is InChI=1S/C9H8N3O2/c10-9-12-7-3-6(4-11-5-13)1-2-8(7)14-9/h1-3H,4H2,(H2,10,12)(H,11,13). The predicted octanol–water partition coefficient (Wildman–Crippen LogP) is 0.567. The zero-order valence-electron chi connectivity index (χ0n) is 7.28. The van der Waals surface area contributed by atoms with Crippen LogP contribution < -0.4 is 11.1 Å². The fourth-order valence-corrected chi connectivity index (χ4v) is 1.24. The summed E-state index contributed by atoms with van der Waals surface area (Å²) in [7, 11) is 0. The highest BCUT2D eigenvalue weighted by molar-refractivity contribution is 5.74. The quantitative estimate of drug-likeness (QED) is 0.693. The van der Waals surface area contributed by atoms with Gasteiger partial charge in [-0.15, -0.1) is 0 Å². The number of nitrogens with one attached hydrogen (secondary N) is 1. The molecule has 0 aliphatic carbocycles. The number of anilines is 1. The second-order valence-corrected chi connectivity index (χ2v) is 2.81. The van der Waals surface area contributed by atoms with Gasteiger partial charge in [-0.1, -0.05) is 6.07 Å². The van der Waals surface area contributed by atoms with E-state index in [1.807, 2.05) is 6.07 Å². The van der Waals surface area contributed by atoms with Gasteiger partial charge in [-0.05, 0) is 17.7 Å². The molecule has 0 saturated heterocycles. The average molecular weight is 190 g/mol. The zero-order valence-corrected chi connectivity index (χ0v) is 7.28. The minimum atomic E-state index is 0.145. The van der Waals surface area contributed by atoms with Gasteiger partial charge in [-0.2, -0.15) is 4.98 Å². The van der Waals surface area contributed by atoms with Gasteiger partial charge in [0.25, 0.3) is 6.01 Å². The van der Waals surface area contributed by atoms with E-state index < -0.39 is 0 Å². The number of benzene rings is 1. The third-order valence-corrected chi connectivity index (χ3v) is 1.83. The number of fused-ring (bicyclic) bond motifs is 1. The monoisotopic (exact) mass is 190 g/mol. The van der Waals surface area contributed by atoms with E-state index in [1.54, 1.807) is 18.5 Å². The second kappa shape index (κ2) is 3.37. The molecule has 3 N–H and O–H groups in total. The number of rotatable bonds is 3. The molecule has 5 heteroatoms. The van der Waals surface area contributed by atoms with Gasteiger partial charge in [0.1, 0.15) is 5.52 Å². The molecule has 0 atom stereocenters. The number of carbonyl (C=O) groups excluding carboxylic acids is 1. The Balaban J connectivity index is 2.35. The summed E-state index contributed by atoms with van der Waals surface area (Å²) in [5.41, 5.74) is 7.64. The first-order chi connectivity index (χ1) is 6.79. The highest BCUT2D eigenvalue weighted by Crippen LogP contribution is 2.17. The van der Waals surface area contributed by atoms with Crippen molar-refractivity contribution in [1.29, 1.82) is 0 Å². The van der Waals surface area contributed by atoms with Gasteiger partial charge in [0, 0.05) is 6.54 Å². The van der Waals surface area contributed by atoms with E-state index >= 15 is 0 Å². The molecule has 0 fully saturated rings. The van der Waals surface area contributed by atoms with E-state index in [4.69, 9.17) is 10.2 Å². The van der Waals surface area contributed by atoms with E-state index in [2.05, 4.69) is 10.3 Å². The third kappa shape index (κ3) is 1.52. The molecule has 0 unspecified atom stereocenters. The molecule has 5 nitrogen and oxygen atoms in total. The van der Waals surface area contributed by atoms with Gasteiger partial charge in [0.05, 0.1) is 0 Å². The van der Waals surface area contributed by atoms with Gasteiger partial charge >= 0.3 is 6.41 Å². The molecule has 0 spiro atoms. The van der Waals surface area contributed by atoms with Crippen LogP contribution in [-0.2, 0) is 11.3 Å². The van der Waals surface area contributed by atoms with Crippen molar-refractivity contribution in [2.45, 2.75) is 6.54 Å². The molecule has 1 amide bonds. The summed E-state index contributed by atoms with van der Waals surface area (Å²) in [4.78, 5) is 13.9. The first-order valence-corrected chi connectivity index (χ1v) is 4.04. The molecule has 2 aromatic rings. The lowest BCUT2D eigenvalue weighted by Crippen LogP contribution is -2.09. The summed E-state index contributed by atoms with van der Waals surface area (Å²) in [6.45, 7) is 0.423. The normalized spacial score (nSPS) is 10.3. The lowest BCUT2D eigenvalue weighted by Gasteiger charge is -1.97. The Bertz CT molecular complexity index is 464. The summed E-state index contributed by atoms with van der Waals surface area (Å²) in [6.07, 6.45) is 1.60. The molecule has 2 rings (SSSR count). The van der Waals surface area contributed by atoms with Gasteiger partial charge in [0.2, 0.25) is 0 Å². The molecule has 0 aliphatic rings. The number of aromatic nitrogens is 1. The van der Waals surface area contributed by atoms with E-state index in [1.165, 1.54) is 0 Å². The lowest BCUT2D eigenvalue weighted by atomic mass is 10.2. The van der Waals surface area contributed by atoms with Crippen molar-refractivity contribution in [3.63, 3.8) is 0 Å². The summed E-state index contributed by atoms with van der Waals surface area (Å²) in [5.74, 6) is 0. The van der Waals surface area contributed by atoms with Crippen molar-refractivity contribution in [3.8, 4) is 0 Å². The Kier molecular flexibility index (Phi) is 2.06. The maximum atomic E-state index is 9.96. The molecule has 71 valence electrons. The molecule has 0 aliphatic heterocycles. The van der Waals surface area contributed by atoms with E-state index in [-0.39, 0.29) is 6.01 Å². The van der Waals surface area contributed by atoms with Crippen LogP contribution in [0.4, 0.5) is 6.01 Å². The van der Waals surface area contributed by atoms with Crippen molar-refractivity contribution in [2.24, 2.45) is 0 Å².